The van der Waals surface area contributed by atoms with E-state index in [2.05, 4.69) is 5.32 Å². The van der Waals surface area contributed by atoms with Gasteiger partial charge in [-0.1, -0.05) is 13.8 Å². The zero-order chi connectivity index (χ0) is 20.9. The van der Waals surface area contributed by atoms with Crippen LogP contribution in [-0.2, 0) is 10.0 Å². The molecule has 0 spiro atoms. The molecular formula is C18H21N3O6S. The van der Waals surface area contributed by atoms with Gasteiger partial charge in [0.1, 0.15) is 5.75 Å². The van der Waals surface area contributed by atoms with E-state index in [1.54, 1.807) is 13.8 Å². The molecular weight excluding hydrogens is 386 g/mol. The largest absolute Gasteiger partial charge is 0.495 e. The van der Waals surface area contributed by atoms with Crippen LogP contribution in [0.3, 0.4) is 0 Å². The van der Waals surface area contributed by atoms with Crippen molar-refractivity contribution in [3.05, 3.63) is 58.1 Å². The van der Waals surface area contributed by atoms with Gasteiger partial charge in [0.05, 0.1) is 22.6 Å². The Kier molecular flexibility index (Phi) is 6.71. The minimum absolute atomic E-state index is 0.0241. The number of hydrogen-bond acceptors (Lipinski definition) is 6. The first-order valence-corrected chi connectivity index (χ1v) is 9.92. The molecule has 0 heterocycles. The van der Waals surface area contributed by atoms with E-state index < -0.39 is 20.9 Å². The molecule has 9 nitrogen and oxygen atoms in total. The first-order valence-electron chi connectivity index (χ1n) is 8.48. The first-order chi connectivity index (χ1) is 13.2. The van der Waals surface area contributed by atoms with Crippen LogP contribution in [0, 0.1) is 10.1 Å². The van der Waals surface area contributed by atoms with Gasteiger partial charge in [0.15, 0.2) is 0 Å². The molecule has 0 aliphatic carbocycles. The van der Waals surface area contributed by atoms with Crippen molar-refractivity contribution < 1.29 is 22.9 Å². The minimum atomic E-state index is -3.71. The molecule has 28 heavy (non-hydrogen) atoms. The standard InChI is InChI=1S/C18H21N3O6S/c1-4-20(5-2)28(25,26)15-10-11-17(27-3)16(12-15)19-18(22)13-6-8-14(9-7-13)21(23)24/h6-12H,4-5H2,1-3H3,(H,19,22). The highest BCUT2D eigenvalue weighted by molar-refractivity contribution is 7.89. The fraction of sp³-hybridized carbons (Fsp3) is 0.278. The van der Waals surface area contributed by atoms with Crippen LogP contribution in [0.5, 0.6) is 5.75 Å². The summed E-state index contributed by atoms with van der Waals surface area (Å²) in [6.07, 6.45) is 0. The van der Waals surface area contributed by atoms with Crippen molar-refractivity contribution in [1.29, 1.82) is 0 Å². The van der Waals surface area contributed by atoms with Crippen molar-refractivity contribution in [1.82, 2.24) is 4.31 Å². The van der Waals surface area contributed by atoms with E-state index in [4.69, 9.17) is 4.74 Å². The number of rotatable bonds is 8. The maximum Gasteiger partial charge on any atom is 0.269 e. The van der Waals surface area contributed by atoms with Crippen molar-refractivity contribution in [2.24, 2.45) is 0 Å². The molecule has 0 radical (unpaired) electrons. The van der Waals surface area contributed by atoms with Gasteiger partial charge in [-0.2, -0.15) is 4.31 Å². The Hall–Kier alpha value is -2.98. The van der Waals surface area contributed by atoms with Crippen LogP contribution < -0.4 is 10.1 Å². The number of sulfonamides is 1. The number of nitrogens with one attached hydrogen (secondary N) is 1. The number of methoxy groups -OCH3 is 1. The van der Waals surface area contributed by atoms with Gasteiger partial charge in [-0.05, 0) is 30.3 Å². The molecule has 10 heteroatoms. The number of anilines is 1. The highest BCUT2D eigenvalue weighted by Crippen LogP contribution is 2.29. The van der Waals surface area contributed by atoms with E-state index >= 15 is 0 Å². The van der Waals surface area contributed by atoms with Crippen LogP contribution in [0.2, 0.25) is 0 Å². The second-order valence-electron chi connectivity index (χ2n) is 5.71. The molecule has 0 aliphatic heterocycles. The number of nitro benzene ring substituents is 1. The van der Waals surface area contributed by atoms with Crippen molar-refractivity contribution in [3.8, 4) is 5.75 Å². The maximum atomic E-state index is 12.7. The fourth-order valence-electron chi connectivity index (χ4n) is 2.59. The second kappa shape index (κ2) is 8.81. The smallest absolute Gasteiger partial charge is 0.269 e. The molecule has 0 aromatic heterocycles. The predicted molar refractivity (Wildman–Crippen MR) is 104 cm³/mol. The van der Waals surface area contributed by atoms with E-state index in [0.29, 0.717) is 13.1 Å². The van der Waals surface area contributed by atoms with E-state index in [0.717, 1.165) is 0 Å². The molecule has 0 fully saturated rings. The Morgan fingerprint density at radius 1 is 1.14 bits per heavy atom. The minimum Gasteiger partial charge on any atom is -0.495 e. The topological polar surface area (TPSA) is 119 Å². The quantitative estimate of drug-likeness (QED) is 0.531. The lowest BCUT2D eigenvalue weighted by Gasteiger charge is -2.19. The summed E-state index contributed by atoms with van der Waals surface area (Å²) >= 11 is 0. The molecule has 150 valence electrons. The van der Waals surface area contributed by atoms with Crippen molar-refractivity contribution in [2.75, 3.05) is 25.5 Å². The molecule has 2 aromatic rings. The number of carbonyl (C=O) groups is 1. The average Bonchev–Trinajstić information content (AvgIpc) is 2.68. The summed E-state index contributed by atoms with van der Waals surface area (Å²) in [5.74, 6) is -0.264. The van der Waals surface area contributed by atoms with Gasteiger partial charge in [-0.15, -0.1) is 0 Å². The third kappa shape index (κ3) is 4.46. The Labute approximate surface area is 163 Å². The molecule has 1 N–H and O–H groups in total. The molecule has 0 atom stereocenters. The van der Waals surface area contributed by atoms with E-state index in [-0.39, 0.29) is 27.6 Å². The molecule has 2 rings (SSSR count). The van der Waals surface area contributed by atoms with Gasteiger partial charge >= 0.3 is 0 Å². The molecule has 1 amide bonds. The third-order valence-electron chi connectivity index (χ3n) is 4.10. The SMILES string of the molecule is CCN(CC)S(=O)(=O)c1ccc(OC)c(NC(=O)c2ccc([N+](=O)[O-])cc2)c1. The van der Waals surface area contributed by atoms with Crippen LogP contribution in [0.4, 0.5) is 11.4 Å². The number of nitro groups is 1. The molecule has 2 aromatic carbocycles. The van der Waals surface area contributed by atoms with E-state index in [1.165, 1.54) is 53.9 Å². The molecule has 0 saturated heterocycles. The fourth-order valence-corrected chi connectivity index (χ4v) is 4.07. The summed E-state index contributed by atoms with van der Waals surface area (Å²) in [6, 6.07) is 9.26. The van der Waals surface area contributed by atoms with E-state index in [9.17, 15) is 23.3 Å². The number of nitrogens with zero attached hydrogens (tertiary/aromatic N) is 2. The van der Waals surface area contributed by atoms with Crippen molar-refractivity contribution in [3.63, 3.8) is 0 Å². The average molecular weight is 407 g/mol. The van der Waals surface area contributed by atoms with Gasteiger partial charge in [0.2, 0.25) is 10.0 Å². The Morgan fingerprint density at radius 3 is 2.25 bits per heavy atom. The van der Waals surface area contributed by atoms with Crippen LogP contribution in [0.15, 0.2) is 47.4 Å². The monoisotopic (exact) mass is 407 g/mol. The summed E-state index contributed by atoms with van der Waals surface area (Å²) in [5.41, 5.74) is 0.227. The summed E-state index contributed by atoms with van der Waals surface area (Å²) < 4.78 is 31.9. The van der Waals surface area contributed by atoms with Gasteiger partial charge in [0.25, 0.3) is 11.6 Å². The molecule has 0 bridgehead atoms. The second-order valence-corrected chi connectivity index (χ2v) is 7.65. The lowest BCUT2D eigenvalue weighted by Crippen LogP contribution is -2.30. The molecule has 0 saturated carbocycles. The van der Waals surface area contributed by atoms with Crippen molar-refractivity contribution in [2.45, 2.75) is 18.7 Å². The number of amides is 1. The third-order valence-corrected chi connectivity index (χ3v) is 6.15. The highest BCUT2D eigenvalue weighted by atomic mass is 32.2. The molecule has 0 aliphatic rings. The van der Waals surface area contributed by atoms with Gasteiger partial charge in [-0.25, -0.2) is 8.42 Å². The van der Waals surface area contributed by atoms with Gasteiger partial charge < -0.3 is 10.1 Å². The number of carbonyl (C=O) groups excluding carboxylic acids is 1. The number of ether oxygens (including phenoxy) is 1. The normalized spacial score (nSPS) is 11.3. The number of hydrogen-bond donors (Lipinski definition) is 1. The Balaban J connectivity index is 2.36. The highest BCUT2D eigenvalue weighted by Gasteiger charge is 2.23. The zero-order valence-electron chi connectivity index (χ0n) is 15.7. The summed E-state index contributed by atoms with van der Waals surface area (Å²) in [4.78, 5) is 22.7. The number of non-ortho nitro benzene ring substituents is 1. The van der Waals surface area contributed by atoms with Gasteiger partial charge in [0, 0.05) is 30.8 Å². The van der Waals surface area contributed by atoms with Crippen LogP contribution in [0.1, 0.15) is 24.2 Å². The summed E-state index contributed by atoms with van der Waals surface area (Å²) in [7, 11) is -2.31. The van der Waals surface area contributed by atoms with E-state index in [1.807, 2.05) is 0 Å². The summed E-state index contributed by atoms with van der Waals surface area (Å²) in [5, 5.41) is 13.3. The number of benzene rings is 2. The molecule has 0 unspecified atom stereocenters. The maximum absolute atomic E-state index is 12.7. The Morgan fingerprint density at radius 2 is 1.75 bits per heavy atom. The lowest BCUT2D eigenvalue weighted by molar-refractivity contribution is -0.384. The van der Waals surface area contributed by atoms with Crippen LogP contribution in [-0.4, -0.2) is 43.8 Å². The summed E-state index contributed by atoms with van der Waals surface area (Å²) in [6.45, 7) is 4.11. The first kappa shape index (κ1) is 21.3. The van der Waals surface area contributed by atoms with Crippen LogP contribution in [0.25, 0.3) is 0 Å². The van der Waals surface area contributed by atoms with Gasteiger partial charge in [-0.3, -0.25) is 14.9 Å². The predicted octanol–water partition coefficient (Wildman–Crippen LogP) is 2.89. The Bertz CT molecular complexity index is 969. The zero-order valence-corrected chi connectivity index (χ0v) is 16.5. The lowest BCUT2D eigenvalue weighted by atomic mass is 10.2. The van der Waals surface area contributed by atoms with Crippen molar-refractivity contribution >= 4 is 27.3 Å². The van der Waals surface area contributed by atoms with Crippen LogP contribution >= 0.6 is 0 Å².